The van der Waals surface area contributed by atoms with Crippen LogP contribution in [0.1, 0.15) is 26.2 Å². The Kier molecular flexibility index (Phi) is 8.14. The fourth-order valence-corrected chi connectivity index (χ4v) is 2.12. The molecule has 23 heavy (non-hydrogen) atoms. The molecule has 2 aromatic rings. The Hall–Kier alpha value is -2.62. The zero-order chi connectivity index (χ0) is 17.1. The molecule has 0 unspecified atom stereocenters. The second kappa shape index (κ2) is 10.2. The summed E-state index contributed by atoms with van der Waals surface area (Å²) < 4.78 is 0. The van der Waals surface area contributed by atoms with Gasteiger partial charge in [0.05, 0.1) is 0 Å². The van der Waals surface area contributed by atoms with Crippen LogP contribution in [0.4, 0.5) is 0 Å². The standard InChI is InChI=1S/C12H10.C7H12O4/c1-3-7-11(8-4-1)12-9-5-2-6-10-12;1-2-5(3-6(8)9)4-7(10)11/h1-10H;5H,2-4H2,1H3,(H,8,9)(H,10,11). The molecule has 0 radical (unpaired) electrons. The van der Waals surface area contributed by atoms with E-state index in [-0.39, 0.29) is 18.8 Å². The lowest BCUT2D eigenvalue weighted by Crippen LogP contribution is -2.11. The maximum atomic E-state index is 10.2. The van der Waals surface area contributed by atoms with Crippen molar-refractivity contribution in [1.82, 2.24) is 0 Å². The molecule has 2 rings (SSSR count). The van der Waals surface area contributed by atoms with E-state index in [4.69, 9.17) is 10.2 Å². The van der Waals surface area contributed by atoms with Crippen molar-refractivity contribution in [2.45, 2.75) is 26.2 Å². The molecule has 122 valence electrons. The number of hydrogen-bond acceptors (Lipinski definition) is 2. The van der Waals surface area contributed by atoms with Gasteiger partial charge in [-0.05, 0) is 17.0 Å². The predicted molar refractivity (Wildman–Crippen MR) is 90.2 cm³/mol. The lowest BCUT2D eigenvalue weighted by Gasteiger charge is -2.07. The molecule has 4 nitrogen and oxygen atoms in total. The third-order valence-corrected chi connectivity index (χ3v) is 3.38. The first kappa shape index (κ1) is 18.4. The highest BCUT2D eigenvalue weighted by Gasteiger charge is 2.14. The van der Waals surface area contributed by atoms with Crippen molar-refractivity contribution in [2.75, 3.05) is 0 Å². The number of benzene rings is 2. The third-order valence-electron chi connectivity index (χ3n) is 3.38. The van der Waals surface area contributed by atoms with Crippen molar-refractivity contribution in [3.05, 3.63) is 60.7 Å². The molecule has 2 aromatic carbocycles. The van der Waals surface area contributed by atoms with E-state index in [2.05, 4.69) is 48.5 Å². The quantitative estimate of drug-likeness (QED) is 0.833. The van der Waals surface area contributed by atoms with Crippen LogP contribution in [0.25, 0.3) is 11.1 Å². The van der Waals surface area contributed by atoms with Crippen LogP contribution in [0.3, 0.4) is 0 Å². The van der Waals surface area contributed by atoms with Crippen molar-refractivity contribution in [3.63, 3.8) is 0 Å². The highest BCUT2D eigenvalue weighted by atomic mass is 16.4. The predicted octanol–water partition coefficient (Wildman–Crippen LogP) is 4.32. The first-order valence-electron chi connectivity index (χ1n) is 7.57. The number of carboxylic acid groups (broad SMARTS) is 2. The van der Waals surface area contributed by atoms with Crippen molar-refractivity contribution in [1.29, 1.82) is 0 Å². The van der Waals surface area contributed by atoms with Crippen LogP contribution in [0, 0.1) is 5.92 Å². The van der Waals surface area contributed by atoms with Crippen LogP contribution in [-0.2, 0) is 9.59 Å². The van der Waals surface area contributed by atoms with Gasteiger partial charge in [0, 0.05) is 12.8 Å². The smallest absolute Gasteiger partial charge is 0.303 e. The molecule has 0 saturated carbocycles. The van der Waals surface area contributed by atoms with E-state index in [9.17, 15) is 9.59 Å². The molecule has 0 aliphatic carbocycles. The van der Waals surface area contributed by atoms with E-state index in [1.165, 1.54) is 11.1 Å². The summed E-state index contributed by atoms with van der Waals surface area (Å²) in [5.41, 5.74) is 2.55. The fraction of sp³-hybridized carbons (Fsp3) is 0.263. The molecule has 0 atom stereocenters. The van der Waals surface area contributed by atoms with Gasteiger partial charge in [0.15, 0.2) is 0 Å². The summed E-state index contributed by atoms with van der Waals surface area (Å²) in [6, 6.07) is 20.8. The molecule has 0 amide bonds. The van der Waals surface area contributed by atoms with E-state index < -0.39 is 11.9 Å². The summed E-state index contributed by atoms with van der Waals surface area (Å²) in [4.78, 5) is 20.3. The molecule has 0 heterocycles. The van der Waals surface area contributed by atoms with Gasteiger partial charge in [-0.15, -0.1) is 0 Å². The molecule has 0 bridgehead atoms. The number of carbonyl (C=O) groups is 2. The number of hydrogen-bond donors (Lipinski definition) is 2. The molecule has 2 N–H and O–H groups in total. The lowest BCUT2D eigenvalue weighted by atomic mass is 9.99. The molecule has 0 aromatic heterocycles. The fourth-order valence-electron chi connectivity index (χ4n) is 2.12. The molecule has 0 fully saturated rings. The largest absolute Gasteiger partial charge is 0.481 e. The van der Waals surface area contributed by atoms with Gasteiger partial charge < -0.3 is 10.2 Å². The van der Waals surface area contributed by atoms with Gasteiger partial charge in [-0.1, -0.05) is 74.0 Å². The van der Waals surface area contributed by atoms with Crippen molar-refractivity contribution < 1.29 is 19.8 Å². The van der Waals surface area contributed by atoms with Crippen LogP contribution in [0.15, 0.2) is 60.7 Å². The Bertz CT molecular complexity index is 540. The first-order valence-corrected chi connectivity index (χ1v) is 7.57. The Morgan fingerprint density at radius 1 is 0.783 bits per heavy atom. The topological polar surface area (TPSA) is 74.6 Å². The molecule has 0 saturated heterocycles. The minimum Gasteiger partial charge on any atom is -0.481 e. The second-order valence-corrected chi connectivity index (χ2v) is 5.20. The van der Waals surface area contributed by atoms with Crippen LogP contribution in [-0.4, -0.2) is 22.2 Å². The first-order chi connectivity index (χ1) is 11.0. The summed E-state index contributed by atoms with van der Waals surface area (Å²) in [5.74, 6) is -2.10. The van der Waals surface area contributed by atoms with E-state index in [0.29, 0.717) is 6.42 Å². The molecular formula is C19H22O4. The highest BCUT2D eigenvalue weighted by molar-refractivity contribution is 5.70. The Morgan fingerprint density at radius 3 is 1.39 bits per heavy atom. The van der Waals surface area contributed by atoms with E-state index >= 15 is 0 Å². The normalized spacial score (nSPS) is 9.83. The van der Waals surface area contributed by atoms with Gasteiger partial charge in [-0.25, -0.2) is 0 Å². The van der Waals surface area contributed by atoms with Crippen LogP contribution >= 0.6 is 0 Å². The Balaban J connectivity index is 0.000000232. The lowest BCUT2D eigenvalue weighted by molar-refractivity contribution is -0.140. The van der Waals surface area contributed by atoms with Crippen molar-refractivity contribution in [3.8, 4) is 11.1 Å². The SMILES string of the molecule is CCC(CC(=O)O)CC(=O)O.c1ccc(-c2ccccc2)cc1. The van der Waals surface area contributed by atoms with Gasteiger partial charge >= 0.3 is 11.9 Å². The molecular weight excluding hydrogens is 292 g/mol. The minimum absolute atomic E-state index is 0.0528. The summed E-state index contributed by atoms with van der Waals surface area (Å²) in [6.45, 7) is 1.79. The minimum atomic E-state index is -0.932. The van der Waals surface area contributed by atoms with Gasteiger partial charge in [-0.3, -0.25) is 9.59 Å². The van der Waals surface area contributed by atoms with Crippen LogP contribution < -0.4 is 0 Å². The molecule has 4 heteroatoms. The zero-order valence-electron chi connectivity index (χ0n) is 13.2. The van der Waals surface area contributed by atoms with Gasteiger partial charge in [-0.2, -0.15) is 0 Å². The van der Waals surface area contributed by atoms with Crippen LogP contribution in [0.5, 0.6) is 0 Å². The van der Waals surface area contributed by atoms with E-state index in [0.717, 1.165) is 0 Å². The van der Waals surface area contributed by atoms with Crippen molar-refractivity contribution in [2.24, 2.45) is 5.92 Å². The average Bonchev–Trinajstić information content (AvgIpc) is 2.55. The molecule has 0 aliphatic rings. The number of rotatable bonds is 6. The number of carboxylic acids is 2. The van der Waals surface area contributed by atoms with Crippen molar-refractivity contribution >= 4 is 11.9 Å². The summed E-state index contributed by atoms with van der Waals surface area (Å²) in [7, 11) is 0. The number of aliphatic carboxylic acids is 2. The van der Waals surface area contributed by atoms with Crippen LogP contribution in [0.2, 0.25) is 0 Å². The third kappa shape index (κ3) is 7.81. The molecule has 0 spiro atoms. The molecule has 0 aliphatic heterocycles. The van der Waals surface area contributed by atoms with Gasteiger partial charge in [0.1, 0.15) is 0 Å². The maximum absolute atomic E-state index is 10.2. The Labute approximate surface area is 136 Å². The van der Waals surface area contributed by atoms with Gasteiger partial charge in [0.25, 0.3) is 0 Å². The van der Waals surface area contributed by atoms with E-state index in [1.807, 2.05) is 12.1 Å². The summed E-state index contributed by atoms with van der Waals surface area (Å²) >= 11 is 0. The second-order valence-electron chi connectivity index (χ2n) is 5.20. The average molecular weight is 314 g/mol. The monoisotopic (exact) mass is 314 g/mol. The maximum Gasteiger partial charge on any atom is 0.303 e. The summed E-state index contributed by atoms with van der Waals surface area (Å²) in [6.07, 6.45) is 0.490. The Morgan fingerprint density at radius 2 is 1.13 bits per heavy atom. The highest BCUT2D eigenvalue weighted by Crippen LogP contribution is 2.17. The zero-order valence-corrected chi connectivity index (χ0v) is 13.2. The van der Waals surface area contributed by atoms with E-state index in [1.54, 1.807) is 6.92 Å². The summed E-state index contributed by atoms with van der Waals surface area (Å²) in [5, 5.41) is 16.7. The van der Waals surface area contributed by atoms with Gasteiger partial charge in [0.2, 0.25) is 0 Å².